The molecule has 2 unspecified atom stereocenters. The van der Waals surface area contributed by atoms with Gasteiger partial charge in [-0.05, 0) is 55.0 Å². The molecule has 240 valence electrons. The van der Waals surface area contributed by atoms with E-state index < -0.39 is 6.04 Å². The standard InChI is InChI=1S/C38H50N4O3/c1-29(2)19-20-39-35(25-30(3)4)37(43)40-36(26-31-15-17-34(18-16-31)45-28-33-13-9-6-10-14-33)38(44)42-23-21-41(22-24-42)27-32-11-7-5-8-12-32/h5-19,30,35-36,39H,20-28H2,1-4H3,(H,40,43). The van der Waals surface area contributed by atoms with Crippen molar-refractivity contribution in [3.63, 3.8) is 0 Å². The Morgan fingerprint density at radius 3 is 2.02 bits per heavy atom. The van der Waals surface area contributed by atoms with Crippen LogP contribution in [0.1, 0.15) is 50.8 Å². The van der Waals surface area contributed by atoms with E-state index in [4.69, 9.17) is 4.74 Å². The van der Waals surface area contributed by atoms with Gasteiger partial charge in [0.1, 0.15) is 18.4 Å². The van der Waals surface area contributed by atoms with E-state index in [0.717, 1.165) is 36.5 Å². The lowest BCUT2D eigenvalue weighted by Crippen LogP contribution is -2.57. The Kier molecular flexibility index (Phi) is 13.2. The maximum atomic E-state index is 14.0. The van der Waals surface area contributed by atoms with Crippen molar-refractivity contribution in [3.05, 3.63) is 113 Å². The topological polar surface area (TPSA) is 73.9 Å². The van der Waals surface area contributed by atoms with Gasteiger partial charge >= 0.3 is 0 Å². The van der Waals surface area contributed by atoms with Gasteiger partial charge in [0.15, 0.2) is 0 Å². The fourth-order valence-electron chi connectivity index (χ4n) is 5.52. The van der Waals surface area contributed by atoms with Crippen molar-refractivity contribution in [2.24, 2.45) is 5.92 Å². The summed E-state index contributed by atoms with van der Waals surface area (Å²) in [5, 5.41) is 6.56. The zero-order valence-corrected chi connectivity index (χ0v) is 27.4. The fraction of sp³-hybridized carbons (Fsp3) is 0.421. The van der Waals surface area contributed by atoms with Crippen LogP contribution < -0.4 is 15.4 Å². The lowest BCUT2D eigenvalue weighted by atomic mass is 10.0. The Labute approximate surface area is 269 Å². The number of hydrogen-bond donors (Lipinski definition) is 2. The van der Waals surface area contributed by atoms with Gasteiger partial charge < -0.3 is 20.3 Å². The second kappa shape index (κ2) is 17.5. The van der Waals surface area contributed by atoms with Crippen LogP contribution in [-0.2, 0) is 29.2 Å². The summed E-state index contributed by atoms with van der Waals surface area (Å²) in [5.74, 6) is 0.939. The van der Waals surface area contributed by atoms with Crippen LogP contribution in [0.5, 0.6) is 5.75 Å². The highest BCUT2D eigenvalue weighted by Crippen LogP contribution is 2.17. The Balaban J connectivity index is 1.43. The molecule has 0 aromatic heterocycles. The number of rotatable bonds is 15. The summed E-state index contributed by atoms with van der Waals surface area (Å²) < 4.78 is 5.97. The summed E-state index contributed by atoms with van der Waals surface area (Å²) in [6, 6.07) is 27.3. The molecule has 2 amide bonds. The van der Waals surface area contributed by atoms with Crippen molar-refractivity contribution in [2.75, 3.05) is 32.7 Å². The van der Waals surface area contributed by atoms with Crippen LogP contribution in [0.25, 0.3) is 0 Å². The van der Waals surface area contributed by atoms with E-state index >= 15 is 0 Å². The third-order valence-corrected chi connectivity index (χ3v) is 8.06. The van der Waals surface area contributed by atoms with Crippen molar-refractivity contribution >= 4 is 11.8 Å². The Morgan fingerprint density at radius 1 is 0.800 bits per heavy atom. The molecule has 2 atom stereocenters. The molecule has 0 bridgehead atoms. The van der Waals surface area contributed by atoms with E-state index in [1.165, 1.54) is 11.1 Å². The number of piperazine rings is 1. The predicted octanol–water partition coefficient (Wildman–Crippen LogP) is 5.61. The molecule has 0 radical (unpaired) electrons. The zero-order chi connectivity index (χ0) is 32.0. The van der Waals surface area contributed by atoms with E-state index in [0.29, 0.717) is 45.0 Å². The highest BCUT2D eigenvalue weighted by Gasteiger charge is 2.31. The molecule has 0 saturated carbocycles. The van der Waals surface area contributed by atoms with Gasteiger partial charge in [0.25, 0.3) is 0 Å². The van der Waals surface area contributed by atoms with Gasteiger partial charge in [-0.1, -0.05) is 98.3 Å². The van der Waals surface area contributed by atoms with Gasteiger partial charge in [-0.3, -0.25) is 14.5 Å². The van der Waals surface area contributed by atoms with Crippen LogP contribution in [0.15, 0.2) is 96.6 Å². The van der Waals surface area contributed by atoms with Crippen LogP contribution in [-0.4, -0.2) is 66.4 Å². The molecule has 7 nitrogen and oxygen atoms in total. The highest BCUT2D eigenvalue weighted by atomic mass is 16.5. The van der Waals surface area contributed by atoms with Crippen molar-refractivity contribution in [1.29, 1.82) is 0 Å². The zero-order valence-electron chi connectivity index (χ0n) is 27.4. The molecule has 1 aliphatic rings. The van der Waals surface area contributed by atoms with Gasteiger partial charge in [-0.25, -0.2) is 0 Å². The first-order valence-corrected chi connectivity index (χ1v) is 16.2. The number of carbonyl (C=O) groups excluding carboxylic acids is 2. The SMILES string of the molecule is CC(C)=CCNC(CC(C)C)C(=O)NC(Cc1ccc(OCc2ccccc2)cc1)C(=O)N1CCN(Cc2ccccc2)CC1. The summed E-state index contributed by atoms with van der Waals surface area (Å²) in [5.41, 5.74) is 4.55. The maximum Gasteiger partial charge on any atom is 0.245 e. The fourth-order valence-corrected chi connectivity index (χ4v) is 5.52. The minimum atomic E-state index is -0.658. The van der Waals surface area contributed by atoms with E-state index in [1.807, 2.05) is 79.4 Å². The number of hydrogen-bond acceptors (Lipinski definition) is 5. The summed E-state index contributed by atoms with van der Waals surface area (Å²) in [6.45, 7) is 13.2. The summed E-state index contributed by atoms with van der Waals surface area (Å²) in [7, 11) is 0. The lowest BCUT2D eigenvalue weighted by Gasteiger charge is -2.37. The number of amides is 2. The number of carbonyl (C=O) groups is 2. The van der Waals surface area contributed by atoms with E-state index in [9.17, 15) is 9.59 Å². The maximum absolute atomic E-state index is 14.0. The Hall–Kier alpha value is -3.94. The molecule has 45 heavy (non-hydrogen) atoms. The first-order chi connectivity index (χ1) is 21.8. The first-order valence-electron chi connectivity index (χ1n) is 16.2. The number of nitrogens with one attached hydrogen (secondary N) is 2. The van der Waals surface area contributed by atoms with Gasteiger partial charge in [0, 0.05) is 45.7 Å². The molecule has 0 spiro atoms. The minimum absolute atomic E-state index is 0.0280. The smallest absolute Gasteiger partial charge is 0.245 e. The Bertz CT molecular complexity index is 1350. The van der Waals surface area contributed by atoms with Crippen LogP contribution >= 0.6 is 0 Å². The predicted molar refractivity (Wildman–Crippen MR) is 182 cm³/mol. The van der Waals surface area contributed by atoms with Gasteiger partial charge in [-0.2, -0.15) is 0 Å². The van der Waals surface area contributed by atoms with Gasteiger partial charge in [-0.15, -0.1) is 0 Å². The molecule has 7 heteroatoms. The van der Waals surface area contributed by atoms with Crippen LogP contribution in [0.3, 0.4) is 0 Å². The summed E-state index contributed by atoms with van der Waals surface area (Å²) >= 11 is 0. The summed E-state index contributed by atoms with van der Waals surface area (Å²) in [6.07, 6.45) is 3.19. The number of nitrogens with zero attached hydrogens (tertiary/aromatic N) is 2. The van der Waals surface area contributed by atoms with Crippen molar-refractivity contribution in [1.82, 2.24) is 20.4 Å². The molecular weight excluding hydrogens is 560 g/mol. The third-order valence-electron chi connectivity index (χ3n) is 8.06. The van der Waals surface area contributed by atoms with Crippen molar-refractivity contribution < 1.29 is 14.3 Å². The highest BCUT2D eigenvalue weighted by molar-refractivity contribution is 5.90. The number of benzene rings is 3. The number of ether oxygens (including phenoxy) is 1. The van der Waals surface area contributed by atoms with Crippen LogP contribution in [0, 0.1) is 5.92 Å². The molecule has 4 rings (SSSR count). The van der Waals surface area contributed by atoms with Crippen molar-refractivity contribution in [2.45, 2.75) is 65.8 Å². The average Bonchev–Trinajstić information content (AvgIpc) is 3.04. The molecule has 1 fully saturated rings. The molecule has 3 aromatic carbocycles. The molecule has 1 heterocycles. The van der Waals surface area contributed by atoms with Gasteiger partial charge in [0.2, 0.25) is 11.8 Å². The molecular formula is C38H50N4O3. The second-order valence-electron chi connectivity index (χ2n) is 12.6. The average molecular weight is 611 g/mol. The lowest BCUT2D eigenvalue weighted by molar-refractivity contribution is -0.138. The third kappa shape index (κ3) is 11.5. The monoisotopic (exact) mass is 610 g/mol. The van der Waals surface area contributed by atoms with E-state index in [1.54, 1.807) is 0 Å². The molecule has 3 aromatic rings. The van der Waals surface area contributed by atoms with Gasteiger partial charge in [0.05, 0.1) is 6.04 Å². The molecule has 0 aliphatic carbocycles. The Morgan fingerprint density at radius 2 is 1.42 bits per heavy atom. The molecule has 1 aliphatic heterocycles. The van der Waals surface area contributed by atoms with Crippen molar-refractivity contribution in [3.8, 4) is 5.75 Å². The van der Waals surface area contributed by atoms with Crippen LogP contribution in [0.4, 0.5) is 0 Å². The largest absolute Gasteiger partial charge is 0.489 e. The van der Waals surface area contributed by atoms with E-state index in [-0.39, 0.29) is 17.9 Å². The number of allylic oxidation sites excluding steroid dienone is 1. The van der Waals surface area contributed by atoms with E-state index in [2.05, 4.69) is 59.7 Å². The second-order valence-corrected chi connectivity index (χ2v) is 12.6. The quantitative estimate of drug-likeness (QED) is 0.219. The molecule has 1 saturated heterocycles. The minimum Gasteiger partial charge on any atom is -0.489 e. The first kappa shape index (κ1) is 33.9. The summed E-state index contributed by atoms with van der Waals surface area (Å²) in [4.78, 5) is 32.0. The molecule has 2 N–H and O–H groups in total. The van der Waals surface area contributed by atoms with Crippen LogP contribution in [0.2, 0.25) is 0 Å². The normalized spacial score (nSPS) is 14.9.